The predicted molar refractivity (Wildman–Crippen MR) is 102 cm³/mol. The van der Waals surface area contributed by atoms with Crippen molar-refractivity contribution >= 4 is 11.9 Å². The van der Waals surface area contributed by atoms with Crippen LogP contribution in [0, 0.1) is 0 Å². The molecule has 0 aliphatic carbocycles. The number of rotatable bonds is 9. The molecule has 0 heterocycles. The molecule has 26 heavy (non-hydrogen) atoms. The van der Waals surface area contributed by atoms with Crippen molar-refractivity contribution in [2.24, 2.45) is 0 Å². The molecule has 0 aromatic heterocycles. The summed E-state index contributed by atoms with van der Waals surface area (Å²) in [7, 11) is 0. The summed E-state index contributed by atoms with van der Waals surface area (Å²) in [5, 5.41) is 0. The lowest BCUT2D eigenvalue weighted by Crippen LogP contribution is -2.08. The largest absolute Gasteiger partial charge is 0.463 e. The van der Waals surface area contributed by atoms with E-state index in [4.69, 9.17) is 9.47 Å². The fourth-order valence-corrected chi connectivity index (χ4v) is 2.51. The summed E-state index contributed by atoms with van der Waals surface area (Å²) in [5.74, 6) is -0.636. The van der Waals surface area contributed by atoms with E-state index in [1.165, 1.54) is 6.08 Å². The smallest absolute Gasteiger partial charge is 0.338 e. The van der Waals surface area contributed by atoms with Gasteiger partial charge < -0.3 is 9.47 Å². The van der Waals surface area contributed by atoms with Crippen LogP contribution in [0.4, 0.5) is 0 Å². The molecule has 0 amide bonds. The first-order valence-electron chi connectivity index (χ1n) is 8.87. The van der Waals surface area contributed by atoms with Crippen LogP contribution in [0.3, 0.4) is 0 Å². The minimum absolute atomic E-state index is 0.313. The first kappa shape index (κ1) is 19.4. The molecule has 0 unspecified atom stereocenters. The Morgan fingerprint density at radius 1 is 0.923 bits per heavy atom. The Hall–Kier alpha value is -2.88. The monoisotopic (exact) mass is 352 g/mol. The molecule has 0 bridgehead atoms. The number of esters is 2. The van der Waals surface area contributed by atoms with E-state index >= 15 is 0 Å². The van der Waals surface area contributed by atoms with E-state index in [2.05, 4.69) is 0 Å². The van der Waals surface area contributed by atoms with Crippen molar-refractivity contribution in [1.29, 1.82) is 0 Å². The van der Waals surface area contributed by atoms with Crippen molar-refractivity contribution in [2.75, 3.05) is 13.2 Å². The highest BCUT2D eigenvalue weighted by Crippen LogP contribution is 2.24. The zero-order valence-electron chi connectivity index (χ0n) is 15.0. The maximum absolute atomic E-state index is 12.4. The molecular formula is C22H24O4. The molecule has 2 aromatic rings. The maximum Gasteiger partial charge on any atom is 0.338 e. The number of ether oxygens (including phenoxy) is 2. The van der Waals surface area contributed by atoms with Gasteiger partial charge in [0.2, 0.25) is 0 Å². The zero-order chi connectivity index (χ0) is 18.6. The Bertz CT molecular complexity index is 735. The van der Waals surface area contributed by atoms with Crippen molar-refractivity contribution in [3.05, 3.63) is 72.3 Å². The normalized spacial score (nSPS) is 10.7. The van der Waals surface area contributed by atoms with Crippen LogP contribution < -0.4 is 0 Å². The lowest BCUT2D eigenvalue weighted by atomic mass is 10.00. The first-order chi connectivity index (χ1) is 12.7. The van der Waals surface area contributed by atoms with Crippen LogP contribution in [0.2, 0.25) is 0 Å². The maximum atomic E-state index is 12.4. The van der Waals surface area contributed by atoms with Crippen LogP contribution in [0.15, 0.2) is 66.7 Å². The Morgan fingerprint density at radius 3 is 2.42 bits per heavy atom. The molecule has 0 saturated heterocycles. The molecule has 2 rings (SSSR count). The van der Waals surface area contributed by atoms with E-state index in [-0.39, 0.29) is 11.9 Å². The van der Waals surface area contributed by atoms with Crippen LogP contribution in [0.25, 0.3) is 11.1 Å². The average Bonchev–Trinajstić information content (AvgIpc) is 2.68. The standard InChI is InChI=1S/C22H24O4/c1-2-25-21(23)16-8-3-4-11-17-26-22(24)20-15-10-9-14-19(20)18-12-6-5-7-13-18/h5-10,12-16H,2-4,11,17H2,1H3/b16-8+. The topological polar surface area (TPSA) is 52.6 Å². The van der Waals surface area contributed by atoms with Crippen LogP contribution in [-0.2, 0) is 14.3 Å². The quantitative estimate of drug-likeness (QED) is 0.369. The molecule has 0 saturated carbocycles. The molecule has 2 aromatic carbocycles. The Labute approximate surface area is 154 Å². The predicted octanol–water partition coefficient (Wildman–Crippen LogP) is 4.80. The molecule has 4 heteroatoms. The molecule has 0 radical (unpaired) electrons. The van der Waals surface area contributed by atoms with Gasteiger partial charge in [-0.15, -0.1) is 0 Å². The van der Waals surface area contributed by atoms with Crippen LogP contribution in [0.1, 0.15) is 36.5 Å². The van der Waals surface area contributed by atoms with Gasteiger partial charge >= 0.3 is 11.9 Å². The summed E-state index contributed by atoms with van der Waals surface area (Å²) < 4.78 is 10.2. The van der Waals surface area contributed by atoms with Gasteiger partial charge in [-0.2, -0.15) is 0 Å². The fourth-order valence-electron chi connectivity index (χ4n) is 2.51. The third-order valence-electron chi connectivity index (χ3n) is 3.77. The number of hydrogen-bond acceptors (Lipinski definition) is 4. The van der Waals surface area contributed by atoms with Gasteiger partial charge in [0, 0.05) is 6.08 Å². The summed E-state index contributed by atoms with van der Waals surface area (Å²) in [4.78, 5) is 23.5. The fraction of sp³-hybridized carbons (Fsp3) is 0.273. The van der Waals surface area contributed by atoms with Crippen molar-refractivity contribution in [2.45, 2.75) is 26.2 Å². The molecule has 136 valence electrons. The number of carbonyl (C=O) groups excluding carboxylic acids is 2. The number of carbonyl (C=O) groups is 2. The minimum atomic E-state index is -0.323. The van der Waals surface area contributed by atoms with E-state index in [9.17, 15) is 9.59 Å². The number of allylic oxidation sites excluding steroid dienone is 1. The lowest BCUT2D eigenvalue weighted by Gasteiger charge is -2.09. The van der Waals surface area contributed by atoms with Crippen LogP contribution >= 0.6 is 0 Å². The second-order valence-electron chi connectivity index (χ2n) is 5.70. The Balaban J connectivity index is 1.80. The van der Waals surface area contributed by atoms with E-state index < -0.39 is 0 Å². The third-order valence-corrected chi connectivity index (χ3v) is 3.77. The number of benzene rings is 2. The van der Waals surface area contributed by atoms with Gasteiger partial charge in [-0.05, 0) is 43.4 Å². The molecule has 0 N–H and O–H groups in total. The summed E-state index contributed by atoms with van der Waals surface area (Å²) in [6, 6.07) is 17.2. The second kappa shape index (κ2) is 10.9. The van der Waals surface area contributed by atoms with Crippen molar-refractivity contribution in [1.82, 2.24) is 0 Å². The molecule has 0 aliphatic rings. The molecule has 0 aliphatic heterocycles. The zero-order valence-corrected chi connectivity index (χ0v) is 15.0. The number of hydrogen-bond donors (Lipinski definition) is 0. The molecule has 0 fully saturated rings. The van der Waals surface area contributed by atoms with Gasteiger partial charge in [0.05, 0.1) is 18.8 Å². The number of unbranched alkanes of at least 4 members (excludes halogenated alkanes) is 2. The van der Waals surface area contributed by atoms with Gasteiger partial charge in [-0.25, -0.2) is 9.59 Å². The van der Waals surface area contributed by atoms with Gasteiger partial charge in [0.1, 0.15) is 0 Å². The summed E-state index contributed by atoms with van der Waals surface area (Å²) in [6.07, 6.45) is 5.54. The molecule has 0 spiro atoms. The minimum Gasteiger partial charge on any atom is -0.463 e. The Morgan fingerprint density at radius 2 is 1.65 bits per heavy atom. The van der Waals surface area contributed by atoms with Gasteiger partial charge in [0.15, 0.2) is 0 Å². The van der Waals surface area contributed by atoms with E-state index in [1.54, 1.807) is 19.1 Å². The Kier molecular flexibility index (Phi) is 8.13. The van der Waals surface area contributed by atoms with Gasteiger partial charge in [-0.1, -0.05) is 54.6 Å². The third kappa shape index (κ3) is 6.20. The lowest BCUT2D eigenvalue weighted by molar-refractivity contribution is -0.137. The van der Waals surface area contributed by atoms with Crippen LogP contribution in [-0.4, -0.2) is 25.2 Å². The van der Waals surface area contributed by atoms with Gasteiger partial charge in [-0.3, -0.25) is 0 Å². The van der Waals surface area contributed by atoms with Crippen molar-refractivity contribution in [3.63, 3.8) is 0 Å². The first-order valence-corrected chi connectivity index (χ1v) is 8.87. The van der Waals surface area contributed by atoms with E-state index in [1.807, 2.05) is 48.5 Å². The van der Waals surface area contributed by atoms with Crippen molar-refractivity contribution < 1.29 is 19.1 Å². The van der Waals surface area contributed by atoms with E-state index in [0.29, 0.717) is 18.8 Å². The average molecular weight is 352 g/mol. The highest BCUT2D eigenvalue weighted by atomic mass is 16.5. The molecular weight excluding hydrogens is 328 g/mol. The SMILES string of the molecule is CCOC(=O)/C=C/CCCCOC(=O)c1ccccc1-c1ccccc1. The molecule has 4 nitrogen and oxygen atoms in total. The van der Waals surface area contributed by atoms with Gasteiger partial charge in [0.25, 0.3) is 0 Å². The summed E-state index contributed by atoms with van der Waals surface area (Å²) in [5.41, 5.74) is 2.43. The highest BCUT2D eigenvalue weighted by Gasteiger charge is 2.13. The van der Waals surface area contributed by atoms with E-state index in [0.717, 1.165) is 30.4 Å². The van der Waals surface area contributed by atoms with Crippen molar-refractivity contribution in [3.8, 4) is 11.1 Å². The highest BCUT2D eigenvalue weighted by molar-refractivity contribution is 5.97. The van der Waals surface area contributed by atoms with Crippen LogP contribution in [0.5, 0.6) is 0 Å². The summed E-state index contributed by atoms with van der Waals surface area (Å²) in [6.45, 7) is 2.51. The molecule has 0 atom stereocenters. The second-order valence-corrected chi connectivity index (χ2v) is 5.70. The summed E-state index contributed by atoms with van der Waals surface area (Å²) >= 11 is 0.